The molecule has 0 spiro atoms. The molecule has 15 heavy (non-hydrogen) atoms. The molecular weight excluding hydrogens is 248 g/mol. The van der Waals surface area contributed by atoms with Crippen molar-refractivity contribution < 1.29 is 0 Å². The minimum atomic E-state index is 0.620. The molecule has 0 aliphatic heterocycles. The quantitative estimate of drug-likeness (QED) is 0.722. The van der Waals surface area contributed by atoms with Crippen LogP contribution in [0.5, 0.6) is 0 Å². The average molecular weight is 259 g/mol. The first kappa shape index (κ1) is 9.17. The van der Waals surface area contributed by atoms with Gasteiger partial charge in [0.2, 0.25) is 0 Å². The highest BCUT2D eigenvalue weighted by molar-refractivity contribution is 9.10. The zero-order valence-electron chi connectivity index (χ0n) is 8.28. The molecule has 1 aliphatic rings. The van der Waals surface area contributed by atoms with E-state index in [4.69, 9.17) is 0 Å². The Morgan fingerprint density at radius 1 is 1.00 bits per heavy atom. The van der Waals surface area contributed by atoms with Crippen molar-refractivity contribution in [2.24, 2.45) is 0 Å². The van der Waals surface area contributed by atoms with E-state index in [-0.39, 0.29) is 0 Å². The molecule has 1 unspecified atom stereocenters. The van der Waals surface area contributed by atoms with Gasteiger partial charge in [0.1, 0.15) is 0 Å². The molecule has 1 aliphatic carbocycles. The predicted octanol–water partition coefficient (Wildman–Crippen LogP) is 4.14. The van der Waals surface area contributed by atoms with Crippen molar-refractivity contribution in [3.63, 3.8) is 0 Å². The Bertz CT molecular complexity index is 488. The van der Waals surface area contributed by atoms with Gasteiger partial charge in [0, 0.05) is 10.4 Å². The first-order valence-corrected chi connectivity index (χ1v) is 5.97. The molecule has 0 fully saturated rings. The zero-order chi connectivity index (χ0) is 10.3. The fourth-order valence-corrected chi connectivity index (χ4v) is 2.68. The largest absolute Gasteiger partial charge is 0.0622 e. The molecule has 0 heterocycles. The second kappa shape index (κ2) is 3.49. The van der Waals surface area contributed by atoms with Crippen molar-refractivity contribution in [3.8, 4) is 0 Å². The number of hydrogen-bond donors (Lipinski definition) is 0. The van der Waals surface area contributed by atoms with E-state index in [0.717, 1.165) is 0 Å². The van der Waals surface area contributed by atoms with Crippen LogP contribution in [-0.4, -0.2) is 0 Å². The van der Waals surface area contributed by atoms with E-state index in [1.54, 1.807) is 0 Å². The van der Waals surface area contributed by atoms with Crippen molar-refractivity contribution in [2.75, 3.05) is 0 Å². The van der Waals surface area contributed by atoms with E-state index >= 15 is 0 Å². The second-order valence-corrected chi connectivity index (χ2v) is 4.93. The summed E-state index contributed by atoms with van der Waals surface area (Å²) >= 11 is 3.51. The van der Waals surface area contributed by atoms with Crippen LogP contribution in [0.3, 0.4) is 0 Å². The van der Waals surface area contributed by atoms with Crippen LogP contribution in [0, 0.1) is 0 Å². The second-order valence-electron chi connectivity index (χ2n) is 4.01. The SMILES string of the molecule is Brc1ccc2c(c1)CC2c1ccccc1. The summed E-state index contributed by atoms with van der Waals surface area (Å²) in [6.45, 7) is 0. The molecule has 0 nitrogen and oxygen atoms in total. The molecular formula is C14H11Br. The monoisotopic (exact) mass is 258 g/mol. The summed E-state index contributed by atoms with van der Waals surface area (Å²) < 4.78 is 1.19. The van der Waals surface area contributed by atoms with Gasteiger partial charge in [-0.15, -0.1) is 0 Å². The molecule has 3 rings (SSSR count). The van der Waals surface area contributed by atoms with Crippen molar-refractivity contribution in [2.45, 2.75) is 12.3 Å². The van der Waals surface area contributed by atoms with Crippen LogP contribution in [0.2, 0.25) is 0 Å². The zero-order valence-corrected chi connectivity index (χ0v) is 9.87. The number of halogens is 1. The Morgan fingerprint density at radius 3 is 2.53 bits per heavy atom. The van der Waals surface area contributed by atoms with Crippen molar-refractivity contribution >= 4 is 15.9 Å². The maximum Gasteiger partial charge on any atom is 0.0178 e. The number of hydrogen-bond acceptors (Lipinski definition) is 0. The molecule has 0 saturated carbocycles. The van der Waals surface area contributed by atoms with Crippen LogP contribution in [0.15, 0.2) is 53.0 Å². The summed E-state index contributed by atoms with van der Waals surface area (Å²) in [4.78, 5) is 0. The van der Waals surface area contributed by atoms with Crippen LogP contribution in [0.4, 0.5) is 0 Å². The molecule has 0 N–H and O–H groups in total. The van der Waals surface area contributed by atoms with Gasteiger partial charge in [-0.3, -0.25) is 0 Å². The third-order valence-corrected chi connectivity index (χ3v) is 3.60. The molecule has 0 saturated heterocycles. The Kier molecular flexibility index (Phi) is 2.14. The minimum absolute atomic E-state index is 0.620. The predicted molar refractivity (Wildman–Crippen MR) is 66.1 cm³/mol. The van der Waals surface area contributed by atoms with Gasteiger partial charge in [0.25, 0.3) is 0 Å². The number of fused-ring (bicyclic) bond motifs is 1. The lowest BCUT2D eigenvalue weighted by Crippen LogP contribution is -2.17. The van der Waals surface area contributed by atoms with Crippen LogP contribution < -0.4 is 0 Å². The lowest BCUT2D eigenvalue weighted by Gasteiger charge is -2.30. The highest BCUT2D eigenvalue weighted by atomic mass is 79.9. The van der Waals surface area contributed by atoms with Gasteiger partial charge in [-0.1, -0.05) is 52.3 Å². The van der Waals surface area contributed by atoms with E-state index in [1.165, 1.54) is 27.6 Å². The normalized spacial score (nSPS) is 18.1. The Hall–Kier alpha value is -1.08. The molecule has 0 aromatic heterocycles. The number of rotatable bonds is 1. The highest BCUT2D eigenvalue weighted by Gasteiger charge is 2.26. The van der Waals surface area contributed by atoms with Crippen molar-refractivity contribution in [1.29, 1.82) is 0 Å². The van der Waals surface area contributed by atoms with Gasteiger partial charge in [-0.25, -0.2) is 0 Å². The standard InChI is InChI=1S/C14H11Br/c15-12-6-7-13-11(8-12)9-14(13)10-4-2-1-3-5-10/h1-8,14H,9H2. The minimum Gasteiger partial charge on any atom is -0.0622 e. The van der Waals surface area contributed by atoms with Crippen LogP contribution in [0.25, 0.3) is 0 Å². The molecule has 2 aromatic rings. The van der Waals surface area contributed by atoms with Gasteiger partial charge < -0.3 is 0 Å². The van der Waals surface area contributed by atoms with Gasteiger partial charge in [-0.05, 0) is 35.2 Å². The molecule has 74 valence electrons. The first-order valence-electron chi connectivity index (χ1n) is 5.18. The smallest absolute Gasteiger partial charge is 0.0178 e. The summed E-state index contributed by atoms with van der Waals surface area (Å²) in [7, 11) is 0. The maximum atomic E-state index is 3.51. The Balaban J connectivity index is 1.98. The third kappa shape index (κ3) is 1.51. The van der Waals surface area contributed by atoms with Gasteiger partial charge in [0.05, 0.1) is 0 Å². The first-order chi connectivity index (χ1) is 7.34. The van der Waals surface area contributed by atoms with Gasteiger partial charge in [-0.2, -0.15) is 0 Å². The molecule has 0 bridgehead atoms. The lowest BCUT2D eigenvalue weighted by atomic mass is 9.74. The summed E-state index contributed by atoms with van der Waals surface area (Å²) in [6.07, 6.45) is 1.18. The van der Waals surface area contributed by atoms with Crippen molar-refractivity contribution in [1.82, 2.24) is 0 Å². The fourth-order valence-electron chi connectivity index (χ4n) is 2.27. The van der Waals surface area contributed by atoms with E-state index in [0.29, 0.717) is 5.92 Å². The van der Waals surface area contributed by atoms with Crippen molar-refractivity contribution in [3.05, 3.63) is 69.7 Å². The highest BCUT2D eigenvalue weighted by Crippen LogP contribution is 2.40. The maximum absolute atomic E-state index is 3.51. The Morgan fingerprint density at radius 2 is 1.80 bits per heavy atom. The molecule has 0 radical (unpaired) electrons. The summed E-state index contributed by atoms with van der Waals surface area (Å²) in [6, 6.07) is 17.3. The molecule has 0 amide bonds. The van der Waals surface area contributed by atoms with Gasteiger partial charge >= 0.3 is 0 Å². The van der Waals surface area contributed by atoms with Crippen LogP contribution in [0.1, 0.15) is 22.6 Å². The van der Waals surface area contributed by atoms with E-state index in [9.17, 15) is 0 Å². The van der Waals surface area contributed by atoms with E-state index in [1.807, 2.05) is 0 Å². The van der Waals surface area contributed by atoms with E-state index in [2.05, 4.69) is 64.5 Å². The van der Waals surface area contributed by atoms with Gasteiger partial charge in [0.15, 0.2) is 0 Å². The Labute approximate surface area is 98.1 Å². The lowest BCUT2D eigenvalue weighted by molar-refractivity contribution is 0.707. The summed E-state index contributed by atoms with van der Waals surface area (Å²) in [5.74, 6) is 0.620. The average Bonchev–Trinajstić information content (AvgIpc) is 2.24. The van der Waals surface area contributed by atoms with E-state index < -0.39 is 0 Å². The summed E-state index contributed by atoms with van der Waals surface area (Å²) in [5.41, 5.74) is 4.41. The number of benzene rings is 2. The third-order valence-electron chi connectivity index (χ3n) is 3.11. The van der Waals surface area contributed by atoms with Crippen LogP contribution in [-0.2, 0) is 6.42 Å². The fraction of sp³-hybridized carbons (Fsp3) is 0.143. The topological polar surface area (TPSA) is 0 Å². The van der Waals surface area contributed by atoms with Crippen LogP contribution >= 0.6 is 15.9 Å². The molecule has 1 heteroatoms. The molecule has 2 aromatic carbocycles. The summed E-state index contributed by atoms with van der Waals surface area (Å²) in [5, 5.41) is 0. The molecule has 1 atom stereocenters.